The summed E-state index contributed by atoms with van der Waals surface area (Å²) < 4.78 is -0.576. The molecule has 8 heteroatoms. The van der Waals surface area contributed by atoms with Crippen LogP contribution in [0.4, 0.5) is 0 Å². The van der Waals surface area contributed by atoms with Crippen LogP contribution in [0.15, 0.2) is 0 Å². The Labute approximate surface area is 162 Å². The second-order valence-corrected chi connectivity index (χ2v) is 11.9. The van der Waals surface area contributed by atoms with E-state index in [4.69, 9.17) is 5.73 Å². The van der Waals surface area contributed by atoms with Gasteiger partial charge in [0.15, 0.2) is 0 Å². The maximum Gasteiger partial charge on any atom is 0.327 e. The average molecular weight is 394 g/mol. The standard InChI is InChI=1S/C19H27N3O4S/c1-17(2)12(15(24)25)22-13(23)11(14(22)27-17)21-16(26)18-4-9-3-10(5-18)7-19(20,6-9)8-18/h9-12,14H,3-8,20H2,1-2H3,(H,21,26)(H,24,25)/t9-,10+,11-,12-,14+,18?,19?/m0/s1. The number of hydrogen-bond acceptors (Lipinski definition) is 5. The topological polar surface area (TPSA) is 113 Å². The molecule has 6 aliphatic rings. The molecule has 2 saturated heterocycles. The Kier molecular flexibility index (Phi) is 3.43. The zero-order chi connectivity index (χ0) is 19.4. The molecule has 7 nitrogen and oxygen atoms in total. The van der Waals surface area contributed by atoms with Gasteiger partial charge in [-0.15, -0.1) is 11.8 Å². The van der Waals surface area contributed by atoms with Gasteiger partial charge in [-0.1, -0.05) is 0 Å². The van der Waals surface area contributed by atoms with Crippen LogP contribution in [0.5, 0.6) is 0 Å². The summed E-state index contributed by atoms with van der Waals surface area (Å²) in [6.07, 6.45) is 5.67. The molecule has 4 N–H and O–H groups in total. The third kappa shape index (κ3) is 2.35. The lowest BCUT2D eigenvalue weighted by Gasteiger charge is -2.60. The van der Waals surface area contributed by atoms with E-state index in [9.17, 15) is 19.5 Å². The van der Waals surface area contributed by atoms with E-state index in [0.29, 0.717) is 18.3 Å². The molecule has 4 saturated carbocycles. The Bertz CT molecular complexity index is 739. The number of thioether (sulfide) groups is 1. The number of carboxylic acid groups (broad SMARTS) is 1. The van der Waals surface area contributed by atoms with Crippen molar-refractivity contribution in [1.82, 2.24) is 10.2 Å². The van der Waals surface area contributed by atoms with E-state index in [-0.39, 0.29) is 22.7 Å². The highest BCUT2D eigenvalue weighted by atomic mass is 32.2. The van der Waals surface area contributed by atoms with Crippen molar-refractivity contribution in [3.8, 4) is 0 Å². The smallest absolute Gasteiger partial charge is 0.327 e. The number of aliphatic carboxylic acids is 1. The number of carbonyl (C=O) groups is 3. The van der Waals surface area contributed by atoms with Crippen molar-refractivity contribution in [1.29, 1.82) is 0 Å². The largest absolute Gasteiger partial charge is 0.480 e. The van der Waals surface area contributed by atoms with Gasteiger partial charge in [0.1, 0.15) is 17.5 Å². The first kappa shape index (κ1) is 17.8. The minimum absolute atomic E-state index is 0.0402. The number of nitrogens with zero attached hydrogens (tertiary/aromatic N) is 1. The van der Waals surface area contributed by atoms with E-state index in [2.05, 4.69) is 5.32 Å². The zero-order valence-electron chi connectivity index (χ0n) is 15.7. The fourth-order valence-electron chi connectivity index (χ4n) is 7.04. The van der Waals surface area contributed by atoms with Crippen LogP contribution >= 0.6 is 11.8 Å². The van der Waals surface area contributed by atoms with Gasteiger partial charge < -0.3 is 21.1 Å². The molecule has 0 aromatic rings. The van der Waals surface area contributed by atoms with Crippen molar-refractivity contribution in [3.05, 3.63) is 0 Å². The lowest BCUT2D eigenvalue weighted by atomic mass is 9.47. The number of nitrogens with one attached hydrogen (secondary N) is 1. The van der Waals surface area contributed by atoms with Crippen LogP contribution in [-0.2, 0) is 14.4 Å². The highest BCUT2D eigenvalue weighted by Crippen LogP contribution is 2.61. The van der Waals surface area contributed by atoms with Gasteiger partial charge in [-0.2, -0.15) is 0 Å². The summed E-state index contributed by atoms with van der Waals surface area (Å²) >= 11 is 1.47. The number of β-lactam (4-membered cyclic amide) rings is 1. The maximum absolute atomic E-state index is 13.3. The Morgan fingerprint density at radius 2 is 1.85 bits per heavy atom. The molecule has 0 aromatic heterocycles. The van der Waals surface area contributed by atoms with Crippen LogP contribution < -0.4 is 11.1 Å². The zero-order valence-corrected chi connectivity index (χ0v) is 16.6. The molecule has 6 rings (SSSR count). The summed E-state index contributed by atoms with van der Waals surface area (Å²) in [5.74, 6) is -0.259. The molecule has 2 aliphatic heterocycles. The molecule has 6 fully saturated rings. The number of fused-ring (bicyclic) bond motifs is 1. The quantitative estimate of drug-likeness (QED) is 0.615. The average Bonchev–Trinajstić information content (AvgIpc) is 2.78. The molecule has 2 amide bonds. The fourth-order valence-corrected chi connectivity index (χ4v) is 8.66. The van der Waals surface area contributed by atoms with Crippen LogP contribution in [0.3, 0.4) is 0 Å². The molecule has 2 unspecified atom stereocenters. The summed E-state index contributed by atoms with van der Waals surface area (Å²) in [5.41, 5.74) is 5.93. The third-order valence-electron chi connectivity index (χ3n) is 7.55. The lowest BCUT2D eigenvalue weighted by Crippen LogP contribution is -2.72. The summed E-state index contributed by atoms with van der Waals surface area (Å²) in [6, 6.07) is -1.46. The monoisotopic (exact) mass is 393 g/mol. The molecule has 0 spiro atoms. The Morgan fingerprint density at radius 3 is 2.41 bits per heavy atom. The van der Waals surface area contributed by atoms with E-state index in [0.717, 1.165) is 25.7 Å². The molecule has 2 heterocycles. The highest BCUT2D eigenvalue weighted by Gasteiger charge is 2.66. The van der Waals surface area contributed by atoms with Crippen LogP contribution in [0.2, 0.25) is 0 Å². The summed E-state index contributed by atoms with van der Waals surface area (Å²) in [7, 11) is 0. The minimum Gasteiger partial charge on any atom is -0.480 e. The van der Waals surface area contributed by atoms with Crippen LogP contribution in [0, 0.1) is 17.3 Å². The number of hydrogen-bond donors (Lipinski definition) is 3. The van der Waals surface area contributed by atoms with Crippen molar-refractivity contribution in [3.63, 3.8) is 0 Å². The van der Waals surface area contributed by atoms with Crippen LogP contribution in [0.1, 0.15) is 52.4 Å². The van der Waals surface area contributed by atoms with Crippen molar-refractivity contribution >= 4 is 29.5 Å². The molecule has 148 valence electrons. The Balaban J connectivity index is 1.35. The van der Waals surface area contributed by atoms with E-state index in [1.807, 2.05) is 13.8 Å². The summed E-state index contributed by atoms with van der Waals surface area (Å²) in [6.45, 7) is 3.69. The van der Waals surface area contributed by atoms with Crippen molar-refractivity contribution in [2.24, 2.45) is 23.0 Å². The van der Waals surface area contributed by atoms with Gasteiger partial charge in [0.2, 0.25) is 11.8 Å². The van der Waals surface area contributed by atoms with Crippen LogP contribution in [0.25, 0.3) is 0 Å². The van der Waals surface area contributed by atoms with Gasteiger partial charge in [-0.25, -0.2) is 4.79 Å². The maximum atomic E-state index is 13.3. The van der Waals surface area contributed by atoms with Gasteiger partial charge >= 0.3 is 5.97 Å². The molecule has 7 atom stereocenters. The van der Waals surface area contributed by atoms with Crippen molar-refractivity contribution in [2.45, 2.75) is 80.1 Å². The fraction of sp³-hybridized carbons (Fsp3) is 0.842. The number of nitrogens with two attached hydrogens (primary N) is 1. The molecule has 4 aliphatic carbocycles. The van der Waals surface area contributed by atoms with Gasteiger partial charge in [0, 0.05) is 10.3 Å². The minimum atomic E-state index is -0.987. The number of carboxylic acids is 1. The van der Waals surface area contributed by atoms with Gasteiger partial charge in [0.05, 0.1) is 5.41 Å². The normalized spacial score (nSPS) is 48.9. The Morgan fingerprint density at radius 1 is 1.22 bits per heavy atom. The SMILES string of the molecule is CC1(C)S[C@@H]2[C@@H](NC(=O)C34C[C@@H]5C[C@@H](CC(N)(C5)C3)C4)C(=O)N2[C@H]1C(=O)O. The summed E-state index contributed by atoms with van der Waals surface area (Å²) in [5, 5.41) is 12.2. The van der Waals surface area contributed by atoms with Gasteiger partial charge in [0.25, 0.3) is 0 Å². The Hall–Kier alpha value is -1.28. The first-order valence-electron chi connectivity index (χ1n) is 9.86. The van der Waals surface area contributed by atoms with Crippen molar-refractivity contribution < 1.29 is 19.5 Å². The lowest BCUT2D eigenvalue weighted by molar-refractivity contribution is -0.164. The number of rotatable bonds is 3. The van der Waals surface area contributed by atoms with E-state index in [1.54, 1.807) is 0 Å². The van der Waals surface area contributed by atoms with Crippen LogP contribution in [-0.4, -0.2) is 55.5 Å². The molecular formula is C19H27N3O4S. The summed E-state index contributed by atoms with van der Waals surface area (Å²) in [4.78, 5) is 39.0. The molecule has 27 heavy (non-hydrogen) atoms. The number of amides is 2. The predicted octanol–water partition coefficient (Wildman–Crippen LogP) is 0.916. The van der Waals surface area contributed by atoms with E-state index < -0.39 is 28.2 Å². The third-order valence-corrected chi connectivity index (χ3v) is 9.12. The first-order valence-corrected chi connectivity index (χ1v) is 10.7. The number of carbonyl (C=O) groups excluding carboxylic acids is 2. The van der Waals surface area contributed by atoms with Crippen molar-refractivity contribution in [2.75, 3.05) is 0 Å². The second-order valence-electron chi connectivity index (χ2n) is 10.2. The first-order chi connectivity index (χ1) is 12.5. The van der Waals surface area contributed by atoms with Gasteiger partial charge in [-0.3, -0.25) is 9.59 Å². The molecular weight excluding hydrogens is 366 g/mol. The molecule has 0 aromatic carbocycles. The second kappa shape index (κ2) is 5.20. The van der Waals surface area contributed by atoms with E-state index in [1.165, 1.54) is 23.1 Å². The highest BCUT2D eigenvalue weighted by molar-refractivity contribution is 8.01. The van der Waals surface area contributed by atoms with Gasteiger partial charge in [-0.05, 0) is 64.2 Å². The molecule has 4 bridgehead atoms. The predicted molar refractivity (Wildman–Crippen MR) is 99.7 cm³/mol. The van der Waals surface area contributed by atoms with E-state index >= 15 is 0 Å². The molecule has 0 radical (unpaired) electrons.